The van der Waals surface area contributed by atoms with Gasteiger partial charge in [-0.05, 0) is 64.7 Å². The van der Waals surface area contributed by atoms with Crippen LogP contribution in [0, 0.1) is 11.8 Å². The summed E-state index contributed by atoms with van der Waals surface area (Å²) >= 11 is 3.36. The summed E-state index contributed by atoms with van der Waals surface area (Å²) in [6.45, 7) is 5.50. The Balaban J connectivity index is 1.96. The Kier molecular flexibility index (Phi) is 5.33. The van der Waals surface area contributed by atoms with Gasteiger partial charge in [-0.2, -0.15) is 0 Å². The highest BCUT2D eigenvalue weighted by Crippen LogP contribution is 2.35. The normalized spacial score (nSPS) is 26.5. The molecule has 0 radical (unpaired) electrons. The van der Waals surface area contributed by atoms with Crippen LogP contribution in [0.1, 0.15) is 38.7 Å². The summed E-state index contributed by atoms with van der Waals surface area (Å²) in [6, 6.07) is 4.43. The Labute approximate surface area is 129 Å². The number of nitrogens with one attached hydrogen (secondary N) is 1. The summed E-state index contributed by atoms with van der Waals surface area (Å²) in [5.74, 6) is 2.32. The van der Waals surface area contributed by atoms with Crippen LogP contribution in [-0.2, 0) is 6.54 Å². The van der Waals surface area contributed by atoms with Gasteiger partial charge in [-0.25, -0.2) is 0 Å². The lowest BCUT2D eigenvalue weighted by Gasteiger charge is -2.32. The van der Waals surface area contributed by atoms with Crippen molar-refractivity contribution in [3.63, 3.8) is 0 Å². The fourth-order valence-electron chi connectivity index (χ4n) is 2.88. The van der Waals surface area contributed by atoms with Crippen LogP contribution in [0.4, 0.5) is 0 Å². The van der Waals surface area contributed by atoms with Gasteiger partial charge in [-0.3, -0.25) is 0 Å². The average molecular weight is 342 g/mol. The second-order valence-corrected chi connectivity index (χ2v) is 6.83. The van der Waals surface area contributed by atoms with Crippen molar-refractivity contribution in [3.8, 4) is 11.5 Å². The molecule has 0 spiro atoms. The Bertz CT molecular complexity index is 464. The van der Waals surface area contributed by atoms with Crippen LogP contribution in [0.2, 0.25) is 0 Å². The summed E-state index contributed by atoms with van der Waals surface area (Å²) in [5.41, 5.74) is 1.12. The molecule has 2 N–H and O–H groups in total. The van der Waals surface area contributed by atoms with E-state index in [1.165, 1.54) is 19.3 Å². The van der Waals surface area contributed by atoms with E-state index >= 15 is 0 Å². The van der Waals surface area contributed by atoms with E-state index in [-0.39, 0.29) is 5.75 Å². The molecular weight excluding hydrogens is 318 g/mol. The SMILES string of the molecule is COc1cc(CNC2CCC(C)C(C)C2)cc(Br)c1O. The van der Waals surface area contributed by atoms with Crippen LogP contribution >= 0.6 is 15.9 Å². The second-order valence-electron chi connectivity index (χ2n) is 5.97. The third-order valence-corrected chi connectivity index (χ3v) is 5.11. The van der Waals surface area contributed by atoms with Crippen molar-refractivity contribution in [3.05, 3.63) is 22.2 Å². The molecule has 0 aliphatic heterocycles. The Morgan fingerprint density at radius 2 is 2.05 bits per heavy atom. The van der Waals surface area contributed by atoms with Gasteiger partial charge < -0.3 is 15.2 Å². The second kappa shape index (κ2) is 6.81. The molecule has 4 heteroatoms. The minimum absolute atomic E-state index is 0.163. The summed E-state index contributed by atoms with van der Waals surface area (Å²) in [5, 5.41) is 13.4. The molecule has 1 fully saturated rings. The summed E-state index contributed by atoms with van der Waals surface area (Å²) in [7, 11) is 1.57. The largest absolute Gasteiger partial charge is 0.503 e. The third kappa shape index (κ3) is 3.67. The number of hydrogen-bond acceptors (Lipinski definition) is 3. The molecule has 1 aliphatic carbocycles. The highest BCUT2D eigenvalue weighted by atomic mass is 79.9. The molecule has 0 amide bonds. The molecule has 3 atom stereocenters. The molecule has 2 rings (SSSR count). The molecule has 1 saturated carbocycles. The van der Waals surface area contributed by atoms with Gasteiger partial charge in [0.05, 0.1) is 11.6 Å². The van der Waals surface area contributed by atoms with E-state index in [0.717, 1.165) is 23.9 Å². The van der Waals surface area contributed by atoms with Gasteiger partial charge in [0.1, 0.15) is 0 Å². The molecule has 0 saturated heterocycles. The first-order chi connectivity index (χ1) is 9.51. The first-order valence-corrected chi connectivity index (χ1v) is 8.09. The molecule has 0 heterocycles. The highest BCUT2D eigenvalue weighted by Gasteiger charge is 2.24. The number of hydrogen-bond donors (Lipinski definition) is 2. The first kappa shape index (κ1) is 15.6. The zero-order chi connectivity index (χ0) is 14.7. The van der Waals surface area contributed by atoms with Gasteiger partial charge in [-0.1, -0.05) is 13.8 Å². The fourth-order valence-corrected chi connectivity index (χ4v) is 3.37. The van der Waals surface area contributed by atoms with Gasteiger partial charge >= 0.3 is 0 Å². The molecule has 0 bridgehead atoms. The van der Waals surface area contributed by atoms with Crippen molar-refractivity contribution in [2.45, 2.75) is 45.7 Å². The Hall–Kier alpha value is -0.740. The first-order valence-electron chi connectivity index (χ1n) is 7.30. The van der Waals surface area contributed by atoms with E-state index in [1.807, 2.05) is 12.1 Å². The minimum Gasteiger partial charge on any atom is -0.503 e. The van der Waals surface area contributed by atoms with Crippen molar-refractivity contribution >= 4 is 15.9 Å². The molecule has 3 nitrogen and oxygen atoms in total. The topological polar surface area (TPSA) is 41.5 Å². The lowest BCUT2D eigenvalue weighted by molar-refractivity contribution is 0.225. The maximum absolute atomic E-state index is 9.81. The lowest BCUT2D eigenvalue weighted by atomic mass is 9.79. The van der Waals surface area contributed by atoms with Crippen LogP contribution in [0.5, 0.6) is 11.5 Å². The van der Waals surface area contributed by atoms with Gasteiger partial charge in [0.25, 0.3) is 0 Å². The Morgan fingerprint density at radius 3 is 2.70 bits per heavy atom. The van der Waals surface area contributed by atoms with Crippen molar-refractivity contribution in [1.82, 2.24) is 5.32 Å². The molecule has 1 aromatic carbocycles. The predicted molar refractivity (Wildman–Crippen MR) is 85.2 cm³/mol. The van der Waals surface area contributed by atoms with E-state index in [0.29, 0.717) is 16.3 Å². The van der Waals surface area contributed by atoms with Crippen LogP contribution in [0.15, 0.2) is 16.6 Å². The van der Waals surface area contributed by atoms with Crippen LogP contribution in [-0.4, -0.2) is 18.3 Å². The number of aromatic hydroxyl groups is 1. The molecule has 1 aromatic rings. The molecule has 3 unspecified atom stereocenters. The molecule has 1 aliphatic rings. The molecule has 112 valence electrons. The maximum atomic E-state index is 9.81. The predicted octanol–water partition coefficient (Wildman–Crippen LogP) is 4.08. The van der Waals surface area contributed by atoms with E-state index in [9.17, 15) is 5.11 Å². The van der Waals surface area contributed by atoms with E-state index < -0.39 is 0 Å². The van der Waals surface area contributed by atoms with Gasteiger partial charge in [0.15, 0.2) is 11.5 Å². The fraction of sp³-hybridized carbons (Fsp3) is 0.625. The zero-order valence-electron chi connectivity index (χ0n) is 12.4. The van der Waals surface area contributed by atoms with E-state index in [2.05, 4.69) is 35.1 Å². The van der Waals surface area contributed by atoms with Crippen molar-refractivity contribution in [2.24, 2.45) is 11.8 Å². The molecule has 20 heavy (non-hydrogen) atoms. The third-order valence-electron chi connectivity index (χ3n) is 4.50. The number of rotatable bonds is 4. The van der Waals surface area contributed by atoms with Crippen LogP contribution < -0.4 is 10.1 Å². The summed E-state index contributed by atoms with van der Waals surface area (Å²) < 4.78 is 5.86. The molecular formula is C16H24BrNO2. The smallest absolute Gasteiger partial charge is 0.172 e. The van der Waals surface area contributed by atoms with E-state index in [1.54, 1.807) is 7.11 Å². The van der Waals surface area contributed by atoms with Crippen molar-refractivity contribution < 1.29 is 9.84 Å². The number of phenols is 1. The maximum Gasteiger partial charge on any atom is 0.172 e. The quantitative estimate of drug-likeness (QED) is 0.866. The minimum atomic E-state index is 0.163. The summed E-state index contributed by atoms with van der Waals surface area (Å²) in [6.07, 6.45) is 3.81. The standard InChI is InChI=1S/C16H24BrNO2/c1-10-4-5-13(6-11(10)2)18-9-12-7-14(17)16(19)15(8-12)20-3/h7-8,10-11,13,18-19H,4-6,9H2,1-3H3. The zero-order valence-corrected chi connectivity index (χ0v) is 14.0. The highest BCUT2D eigenvalue weighted by molar-refractivity contribution is 9.10. The number of benzene rings is 1. The number of ether oxygens (including phenoxy) is 1. The van der Waals surface area contributed by atoms with E-state index in [4.69, 9.17) is 4.74 Å². The average Bonchev–Trinajstić information content (AvgIpc) is 2.43. The Morgan fingerprint density at radius 1 is 1.30 bits per heavy atom. The summed E-state index contributed by atoms with van der Waals surface area (Å²) in [4.78, 5) is 0. The van der Waals surface area contributed by atoms with Crippen LogP contribution in [0.25, 0.3) is 0 Å². The van der Waals surface area contributed by atoms with Crippen molar-refractivity contribution in [2.75, 3.05) is 7.11 Å². The number of halogens is 1. The monoisotopic (exact) mass is 341 g/mol. The lowest BCUT2D eigenvalue weighted by Crippen LogP contribution is -2.35. The van der Waals surface area contributed by atoms with Gasteiger partial charge in [-0.15, -0.1) is 0 Å². The molecule has 0 aromatic heterocycles. The van der Waals surface area contributed by atoms with Gasteiger partial charge in [0.2, 0.25) is 0 Å². The number of methoxy groups -OCH3 is 1. The number of phenolic OH excluding ortho intramolecular Hbond substituents is 1. The van der Waals surface area contributed by atoms with Crippen molar-refractivity contribution in [1.29, 1.82) is 0 Å². The van der Waals surface area contributed by atoms with Crippen LogP contribution in [0.3, 0.4) is 0 Å². The van der Waals surface area contributed by atoms with Gasteiger partial charge in [0, 0.05) is 12.6 Å².